The monoisotopic (exact) mass is 418 g/mol. The van der Waals surface area contributed by atoms with Crippen LogP contribution in [-0.2, 0) is 9.84 Å². The van der Waals surface area contributed by atoms with Gasteiger partial charge in [-0.15, -0.1) is 0 Å². The molecule has 0 bridgehead atoms. The molecule has 0 spiro atoms. The fourth-order valence-electron chi connectivity index (χ4n) is 3.59. The van der Waals surface area contributed by atoms with Gasteiger partial charge in [0.05, 0.1) is 16.7 Å². The van der Waals surface area contributed by atoms with E-state index in [1.54, 1.807) is 6.07 Å². The number of nitrogens with zero attached hydrogens (tertiary/aromatic N) is 1. The van der Waals surface area contributed by atoms with Crippen LogP contribution < -0.4 is 21.3 Å². The van der Waals surface area contributed by atoms with Gasteiger partial charge in [-0.05, 0) is 67.5 Å². The highest BCUT2D eigenvalue weighted by atomic mass is 32.2. The van der Waals surface area contributed by atoms with Crippen LogP contribution >= 0.6 is 12.2 Å². The van der Waals surface area contributed by atoms with Crippen molar-refractivity contribution in [3.63, 3.8) is 0 Å². The molecule has 1 aliphatic rings. The second-order valence-corrected chi connectivity index (χ2v) is 10.3. The first kappa shape index (κ1) is 20.6. The number of nitrogens with two attached hydrogens (primary N) is 1. The first-order chi connectivity index (χ1) is 13.0. The minimum absolute atomic E-state index is 0.0234. The molecule has 4 N–H and O–H groups in total. The molecule has 2 aromatic carbocycles. The molecule has 3 rings (SSSR count). The Balaban J connectivity index is 2.22. The number of benzene rings is 2. The summed E-state index contributed by atoms with van der Waals surface area (Å²) < 4.78 is 26.2. The van der Waals surface area contributed by atoms with Crippen molar-refractivity contribution in [2.75, 3.05) is 30.1 Å². The lowest BCUT2D eigenvalue weighted by molar-refractivity contribution is 0.396. The third-order valence-corrected chi connectivity index (χ3v) is 6.97. The average Bonchev–Trinajstić information content (AvgIpc) is 2.65. The van der Waals surface area contributed by atoms with E-state index in [1.165, 1.54) is 0 Å². The Morgan fingerprint density at radius 3 is 2.61 bits per heavy atom. The summed E-state index contributed by atoms with van der Waals surface area (Å²) in [5.74, 6) is 0.0234. The van der Waals surface area contributed by atoms with Gasteiger partial charge in [0, 0.05) is 31.0 Å². The van der Waals surface area contributed by atoms with Crippen molar-refractivity contribution in [2.45, 2.75) is 30.3 Å². The fraction of sp³-hybridized carbons (Fsp3) is 0.350. The van der Waals surface area contributed by atoms with E-state index < -0.39 is 15.4 Å². The molecular weight excluding hydrogens is 392 g/mol. The highest BCUT2D eigenvalue weighted by molar-refractivity contribution is 7.91. The maximum atomic E-state index is 13.1. The van der Waals surface area contributed by atoms with Crippen molar-refractivity contribution in [1.29, 1.82) is 0 Å². The van der Waals surface area contributed by atoms with Gasteiger partial charge in [0.1, 0.15) is 0 Å². The van der Waals surface area contributed by atoms with Crippen molar-refractivity contribution in [3.05, 3.63) is 53.6 Å². The van der Waals surface area contributed by atoms with Gasteiger partial charge in [-0.3, -0.25) is 0 Å². The van der Waals surface area contributed by atoms with Gasteiger partial charge >= 0.3 is 0 Å². The van der Waals surface area contributed by atoms with Crippen LogP contribution in [0.5, 0.6) is 0 Å². The molecule has 0 aromatic heterocycles. The molecule has 0 saturated heterocycles. The van der Waals surface area contributed by atoms with Crippen molar-refractivity contribution < 1.29 is 8.42 Å². The summed E-state index contributed by atoms with van der Waals surface area (Å²) >= 11 is 4.94. The Bertz CT molecular complexity index is 1020. The predicted molar refractivity (Wildman–Crippen MR) is 119 cm³/mol. The second kappa shape index (κ2) is 7.35. The Hall–Kier alpha value is -2.16. The molecule has 0 radical (unpaired) electrons. The molecule has 1 aliphatic heterocycles. The summed E-state index contributed by atoms with van der Waals surface area (Å²) in [5.41, 5.74) is 8.38. The molecule has 0 saturated carbocycles. The molecule has 1 atom stereocenters. The summed E-state index contributed by atoms with van der Waals surface area (Å²) in [6.45, 7) is 3.82. The summed E-state index contributed by atoms with van der Waals surface area (Å²) in [5, 5.41) is 6.67. The van der Waals surface area contributed by atoms with Crippen LogP contribution in [0.4, 0.5) is 11.4 Å². The van der Waals surface area contributed by atoms with Gasteiger partial charge in [0.15, 0.2) is 14.9 Å². The zero-order chi connectivity index (χ0) is 20.7. The third kappa shape index (κ3) is 4.29. The maximum absolute atomic E-state index is 13.1. The lowest BCUT2D eigenvalue weighted by Gasteiger charge is -2.29. The second-order valence-electron chi connectivity index (χ2n) is 7.95. The van der Waals surface area contributed by atoms with Crippen LogP contribution in [0, 0.1) is 0 Å². The summed E-state index contributed by atoms with van der Waals surface area (Å²) in [6.07, 6.45) is 0. The van der Waals surface area contributed by atoms with Gasteiger partial charge in [0.25, 0.3) is 0 Å². The van der Waals surface area contributed by atoms with E-state index in [0.717, 1.165) is 22.5 Å². The highest BCUT2D eigenvalue weighted by Crippen LogP contribution is 2.37. The summed E-state index contributed by atoms with van der Waals surface area (Å²) in [7, 11) is 0.437. The van der Waals surface area contributed by atoms with E-state index in [4.69, 9.17) is 18.0 Å². The van der Waals surface area contributed by atoms with E-state index in [1.807, 2.05) is 69.2 Å². The van der Waals surface area contributed by atoms with Crippen LogP contribution in [0.15, 0.2) is 47.4 Å². The number of fused-ring (bicyclic) bond motifs is 1. The molecule has 6 nitrogen and oxygen atoms in total. The standard InChI is InChI=1S/C20H26N4O2S2/c1-20(2)12-28(25,26)17-9-8-15(24(3)4)11-16(17)18(23-20)13-6-5-7-14(10-13)22-19(21)27/h5-11,18,23H,12H2,1-4H3,(H3,21,22,27). The normalized spacial score (nSPS) is 19.9. The fourth-order valence-corrected chi connectivity index (χ4v) is 5.70. The molecule has 0 fully saturated rings. The van der Waals surface area contributed by atoms with Gasteiger partial charge < -0.3 is 21.3 Å². The topological polar surface area (TPSA) is 87.5 Å². The minimum atomic E-state index is -3.44. The predicted octanol–water partition coefficient (Wildman–Crippen LogP) is 2.65. The van der Waals surface area contributed by atoms with Crippen LogP contribution in [0.2, 0.25) is 0 Å². The maximum Gasteiger partial charge on any atom is 0.180 e. The number of nitrogens with one attached hydrogen (secondary N) is 2. The zero-order valence-electron chi connectivity index (χ0n) is 16.5. The minimum Gasteiger partial charge on any atom is -0.378 e. The number of hydrogen-bond donors (Lipinski definition) is 3. The zero-order valence-corrected chi connectivity index (χ0v) is 18.1. The lowest BCUT2D eigenvalue weighted by atomic mass is 9.94. The Morgan fingerprint density at radius 2 is 1.96 bits per heavy atom. The van der Waals surface area contributed by atoms with E-state index in [2.05, 4.69) is 10.6 Å². The molecule has 2 aromatic rings. The van der Waals surface area contributed by atoms with Crippen molar-refractivity contribution in [3.8, 4) is 0 Å². The smallest absolute Gasteiger partial charge is 0.180 e. The molecule has 28 heavy (non-hydrogen) atoms. The van der Waals surface area contributed by atoms with Gasteiger partial charge in [-0.2, -0.15) is 0 Å². The quantitative estimate of drug-likeness (QED) is 0.661. The van der Waals surface area contributed by atoms with Gasteiger partial charge in [0.2, 0.25) is 0 Å². The number of thiocarbonyl (C=S) groups is 1. The molecule has 8 heteroatoms. The lowest BCUT2D eigenvalue weighted by Crippen LogP contribution is -2.45. The van der Waals surface area contributed by atoms with Gasteiger partial charge in [-0.25, -0.2) is 8.42 Å². The average molecular weight is 419 g/mol. The van der Waals surface area contributed by atoms with E-state index in [0.29, 0.717) is 4.90 Å². The van der Waals surface area contributed by atoms with Crippen LogP contribution in [0.25, 0.3) is 0 Å². The van der Waals surface area contributed by atoms with Crippen LogP contribution in [0.3, 0.4) is 0 Å². The molecule has 0 amide bonds. The third-order valence-electron chi connectivity index (χ3n) is 4.73. The van der Waals surface area contributed by atoms with Gasteiger partial charge in [-0.1, -0.05) is 12.1 Å². The number of sulfone groups is 1. The SMILES string of the molecule is CN(C)c1ccc2c(c1)C(c1cccc(NC(N)=S)c1)NC(C)(C)CS2(=O)=O. The number of rotatable bonds is 3. The Labute approximate surface area is 172 Å². The molecular formula is C20H26N4O2S2. The largest absolute Gasteiger partial charge is 0.378 e. The van der Waals surface area contributed by atoms with Crippen LogP contribution in [0.1, 0.15) is 31.0 Å². The first-order valence-electron chi connectivity index (χ1n) is 8.97. The highest BCUT2D eigenvalue weighted by Gasteiger charge is 2.37. The number of anilines is 2. The molecule has 150 valence electrons. The summed E-state index contributed by atoms with van der Waals surface area (Å²) in [6, 6.07) is 12.9. The number of hydrogen-bond acceptors (Lipinski definition) is 5. The van der Waals surface area contributed by atoms with E-state index in [9.17, 15) is 8.42 Å². The van der Waals surface area contributed by atoms with E-state index >= 15 is 0 Å². The molecule has 1 unspecified atom stereocenters. The molecule has 0 aliphatic carbocycles. The van der Waals surface area contributed by atoms with Crippen molar-refractivity contribution in [2.24, 2.45) is 5.73 Å². The Kier molecular flexibility index (Phi) is 5.40. The first-order valence-corrected chi connectivity index (χ1v) is 11.0. The van der Waals surface area contributed by atoms with Crippen molar-refractivity contribution in [1.82, 2.24) is 5.32 Å². The van der Waals surface area contributed by atoms with E-state index in [-0.39, 0.29) is 16.9 Å². The summed E-state index contributed by atoms with van der Waals surface area (Å²) in [4.78, 5) is 2.33. The van der Waals surface area contributed by atoms with Crippen molar-refractivity contribution >= 4 is 38.5 Å². The molecule has 1 heterocycles. The van der Waals surface area contributed by atoms with Crippen LogP contribution in [-0.4, -0.2) is 38.9 Å². The Morgan fingerprint density at radius 1 is 1.25 bits per heavy atom.